The molecule has 0 saturated carbocycles. The Morgan fingerprint density at radius 3 is 2.72 bits per heavy atom. The van der Waals surface area contributed by atoms with Crippen LogP contribution in [0.3, 0.4) is 0 Å². The van der Waals surface area contributed by atoms with Gasteiger partial charge in [0.25, 0.3) is 0 Å². The Bertz CT molecular complexity index is 544. The fourth-order valence-corrected chi connectivity index (χ4v) is 1.67. The van der Waals surface area contributed by atoms with Crippen LogP contribution in [0.25, 0.3) is 0 Å². The molecule has 0 aromatic heterocycles. The second-order valence-corrected chi connectivity index (χ2v) is 4.14. The number of nitrogens with two attached hydrogens (primary N) is 1. The lowest BCUT2D eigenvalue weighted by Gasteiger charge is -2.01. The maximum atomic E-state index is 10.8. The topological polar surface area (TPSA) is 103 Å². The predicted molar refractivity (Wildman–Crippen MR) is 65.2 cm³/mol. The Hall–Kier alpha value is -2.09. The van der Waals surface area contributed by atoms with Gasteiger partial charge in [0.1, 0.15) is 0 Å². The molecule has 8 heteroatoms. The number of amides is 2. The van der Waals surface area contributed by atoms with Gasteiger partial charge >= 0.3 is 11.8 Å². The van der Waals surface area contributed by atoms with Gasteiger partial charge in [0, 0.05) is 10.0 Å². The summed E-state index contributed by atoms with van der Waals surface area (Å²) in [6.45, 7) is 0.167. The number of nitrogens with one attached hydrogen (secondary N) is 1. The lowest BCUT2D eigenvalue weighted by atomic mass is 10.2. The summed E-state index contributed by atoms with van der Waals surface area (Å²) in [4.78, 5) is 21.3. The predicted octanol–water partition coefficient (Wildman–Crippen LogP) is 0.113. The number of ether oxygens (including phenoxy) is 2. The maximum absolute atomic E-state index is 10.8. The normalized spacial score (nSPS) is 12.7. The minimum atomic E-state index is -1.10. The van der Waals surface area contributed by atoms with Gasteiger partial charge in [-0.1, -0.05) is 0 Å². The van der Waals surface area contributed by atoms with Gasteiger partial charge in [0.2, 0.25) is 6.79 Å². The van der Waals surface area contributed by atoms with Gasteiger partial charge in [0.05, 0.1) is 6.21 Å². The zero-order chi connectivity index (χ0) is 13.1. The third-order valence-electron chi connectivity index (χ3n) is 2.09. The fraction of sp³-hybridized carbons (Fsp3) is 0.100. The molecule has 0 bridgehead atoms. The zero-order valence-corrected chi connectivity index (χ0v) is 10.6. The summed E-state index contributed by atoms with van der Waals surface area (Å²) in [6.07, 6.45) is 1.35. The highest BCUT2D eigenvalue weighted by molar-refractivity contribution is 9.10. The van der Waals surface area contributed by atoms with E-state index < -0.39 is 11.8 Å². The summed E-state index contributed by atoms with van der Waals surface area (Å²) in [5.41, 5.74) is 7.39. The highest BCUT2D eigenvalue weighted by Crippen LogP contribution is 2.36. The number of hydrogen-bond donors (Lipinski definition) is 2. The molecule has 1 aromatic rings. The molecule has 0 saturated heterocycles. The molecule has 0 spiro atoms. The van der Waals surface area contributed by atoms with Crippen LogP contribution in [0, 0.1) is 0 Å². The zero-order valence-electron chi connectivity index (χ0n) is 8.97. The lowest BCUT2D eigenvalue weighted by Crippen LogP contribution is -2.32. The van der Waals surface area contributed by atoms with Crippen molar-refractivity contribution in [1.29, 1.82) is 0 Å². The van der Waals surface area contributed by atoms with E-state index in [2.05, 4.69) is 21.0 Å². The number of carbonyl (C=O) groups is 2. The van der Waals surface area contributed by atoms with E-state index in [0.717, 1.165) is 0 Å². The van der Waals surface area contributed by atoms with Crippen molar-refractivity contribution in [2.45, 2.75) is 0 Å². The first-order chi connectivity index (χ1) is 8.58. The highest BCUT2D eigenvalue weighted by atomic mass is 79.9. The number of primary amides is 1. The van der Waals surface area contributed by atoms with Crippen LogP contribution in [0.4, 0.5) is 0 Å². The van der Waals surface area contributed by atoms with Crippen LogP contribution in [0.1, 0.15) is 5.56 Å². The fourth-order valence-electron chi connectivity index (χ4n) is 1.25. The molecule has 94 valence electrons. The van der Waals surface area contributed by atoms with Crippen molar-refractivity contribution in [3.05, 3.63) is 22.2 Å². The Balaban J connectivity index is 2.12. The van der Waals surface area contributed by atoms with Crippen LogP contribution >= 0.6 is 15.9 Å². The van der Waals surface area contributed by atoms with E-state index in [1.54, 1.807) is 12.1 Å². The van der Waals surface area contributed by atoms with E-state index >= 15 is 0 Å². The van der Waals surface area contributed by atoms with Crippen molar-refractivity contribution >= 4 is 34.0 Å². The van der Waals surface area contributed by atoms with Crippen molar-refractivity contribution in [2.75, 3.05) is 6.79 Å². The van der Waals surface area contributed by atoms with Crippen LogP contribution < -0.4 is 20.6 Å². The minimum Gasteiger partial charge on any atom is -0.454 e. The largest absolute Gasteiger partial charge is 0.454 e. The van der Waals surface area contributed by atoms with E-state index in [1.165, 1.54) is 6.21 Å². The molecule has 3 N–H and O–H groups in total. The van der Waals surface area contributed by atoms with Crippen molar-refractivity contribution in [1.82, 2.24) is 5.43 Å². The number of hydrazone groups is 1. The molecule has 1 aromatic carbocycles. The second-order valence-electron chi connectivity index (χ2n) is 3.29. The summed E-state index contributed by atoms with van der Waals surface area (Å²) in [5, 5.41) is 3.60. The Morgan fingerprint density at radius 1 is 1.39 bits per heavy atom. The molecule has 1 heterocycles. The standard InChI is InChI=1S/C10H8BrN3O4/c11-6-2-8-7(17-4-18-8)1-5(6)3-13-14-10(16)9(12)15/h1-3H,4H2,(H2,12,15)(H,14,16)/b13-3-. The number of hydrogen-bond acceptors (Lipinski definition) is 5. The molecular formula is C10H8BrN3O4. The SMILES string of the molecule is NC(=O)C(=O)N/N=C\c1cc2c(cc1Br)OCO2. The molecular weight excluding hydrogens is 306 g/mol. The van der Waals surface area contributed by atoms with Crippen molar-refractivity contribution < 1.29 is 19.1 Å². The average Bonchev–Trinajstić information content (AvgIpc) is 2.75. The third-order valence-corrected chi connectivity index (χ3v) is 2.77. The molecule has 2 amide bonds. The quantitative estimate of drug-likeness (QED) is 0.459. The van der Waals surface area contributed by atoms with Gasteiger partial charge in [-0.3, -0.25) is 9.59 Å². The van der Waals surface area contributed by atoms with Gasteiger partial charge in [-0.15, -0.1) is 0 Å². The summed E-state index contributed by atoms with van der Waals surface area (Å²) in [7, 11) is 0. The molecule has 0 radical (unpaired) electrons. The monoisotopic (exact) mass is 313 g/mol. The van der Waals surface area contributed by atoms with Gasteiger partial charge in [0.15, 0.2) is 11.5 Å². The Kier molecular flexibility index (Phi) is 3.47. The van der Waals surface area contributed by atoms with E-state index in [4.69, 9.17) is 15.2 Å². The molecule has 1 aliphatic heterocycles. The third kappa shape index (κ3) is 2.59. The van der Waals surface area contributed by atoms with Crippen molar-refractivity contribution in [3.8, 4) is 11.5 Å². The highest BCUT2D eigenvalue weighted by Gasteiger charge is 2.15. The Morgan fingerprint density at radius 2 is 2.06 bits per heavy atom. The summed E-state index contributed by atoms with van der Waals surface area (Å²) >= 11 is 3.31. The van der Waals surface area contributed by atoms with Crippen LogP contribution in [-0.4, -0.2) is 24.8 Å². The average molecular weight is 314 g/mol. The number of rotatable bonds is 2. The molecule has 18 heavy (non-hydrogen) atoms. The van der Waals surface area contributed by atoms with Gasteiger partial charge in [-0.2, -0.15) is 5.10 Å². The molecule has 0 aliphatic carbocycles. The molecule has 2 rings (SSSR count). The van der Waals surface area contributed by atoms with Crippen molar-refractivity contribution in [2.24, 2.45) is 10.8 Å². The molecule has 1 aliphatic rings. The first kappa shape index (κ1) is 12.4. The molecule has 0 fully saturated rings. The van der Waals surface area contributed by atoms with E-state index in [9.17, 15) is 9.59 Å². The number of fused-ring (bicyclic) bond motifs is 1. The van der Waals surface area contributed by atoms with Gasteiger partial charge < -0.3 is 15.2 Å². The van der Waals surface area contributed by atoms with Crippen LogP contribution in [0.15, 0.2) is 21.7 Å². The number of halogens is 1. The van der Waals surface area contributed by atoms with E-state index in [-0.39, 0.29) is 6.79 Å². The molecule has 0 unspecified atom stereocenters. The molecule has 7 nitrogen and oxygen atoms in total. The number of benzene rings is 1. The number of carbonyl (C=O) groups excluding carboxylic acids is 2. The van der Waals surface area contributed by atoms with Crippen LogP contribution in [0.2, 0.25) is 0 Å². The minimum absolute atomic E-state index is 0.167. The van der Waals surface area contributed by atoms with Crippen molar-refractivity contribution in [3.63, 3.8) is 0 Å². The van der Waals surface area contributed by atoms with Gasteiger partial charge in [-0.25, -0.2) is 5.43 Å². The lowest BCUT2D eigenvalue weighted by molar-refractivity contribution is -0.137. The summed E-state index contributed by atoms with van der Waals surface area (Å²) in [6, 6.07) is 3.41. The van der Waals surface area contributed by atoms with Gasteiger partial charge in [-0.05, 0) is 28.1 Å². The number of nitrogens with zero attached hydrogens (tertiary/aromatic N) is 1. The summed E-state index contributed by atoms with van der Waals surface area (Å²) < 4.78 is 11.1. The Labute approximate surface area is 110 Å². The van der Waals surface area contributed by atoms with Crippen LogP contribution in [0.5, 0.6) is 11.5 Å². The smallest absolute Gasteiger partial charge is 0.329 e. The van der Waals surface area contributed by atoms with Crippen LogP contribution in [-0.2, 0) is 9.59 Å². The second kappa shape index (κ2) is 5.05. The van der Waals surface area contributed by atoms with E-state index in [1.807, 2.05) is 5.43 Å². The first-order valence-electron chi connectivity index (χ1n) is 4.80. The molecule has 0 atom stereocenters. The maximum Gasteiger partial charge on any atom is 0.329 e. The summed E-state index contributed by atoms with van der Waals surface area (Å²) in [5.74, 6) is -0.874. The first-order valence-corrected chi connectivity index (χ1v) is 5.59. The van der Waals surface area contributed by atoms with E-state index in [0.29, 0.717) is 21.5 Å².